The largest absolute Gasteiger partial charge is 0.486 e. The molecule has 0 spiro atoms. The molecule has 4 heterocycles. The minimum atomic E-state index is -2.46. The van der Waals surface area contributed by atoms with Crippen LogP contribution >= 0.6 is 0 Å². The monoisotopic (exact) mass is 810 g/mol. The van der Waals surface area contributed by atoms with Gasteiger partial charge in [0.05, 0.1) is 5.58 Å². The fourth-order valence-electron chi connectivity index (χ4n) is 5.09. The van der Waals surface area contributed by atoms with Gasteiger partial charge >= 0.3 is 0 Å². The Morgan fingerprint density at radius 3 is 2.27 bits per heavy atom. The summed E-state index contributed by atoms with van der Waals surface area (Å²) in [6.45, 7) is -4.46. The van der Waals surface area contributed by atoms with E-state index >= 15 is 0 Å². The number of aryl methyl sites for hydroxylation is 4. The van der Waals surface area contributed by atoms with Crippen molar-refractivity contribution in [2.75, 3.05) is 0 Å². The third-order valence-electron chi connectivity index (χ3n) is 7.40. The van der Waals surface area contributed by atoms with Gasteiger partial charge < -0.3 is 14.4 Å². The van der Waals surface area contributed by atoms with Crippen LogP contribution < -0.4 is 0 Å². The van der Waals surface area contributed by atoms with Crippen LogP contribution in [-0.4, -0.2) is 15.0 Å². The molecule has 4 aromatic carbocycles. The van der Waals surface area contributed by atoms with Crippen molar-refractivity contribution in [3.8, 4) is 33.6 Å². The van der Waals surface area contributed by atoms with E-state index < -0.39 is 26.4 Å². The third-order valence-corrected chi connectivity index (χ3v) is 7.40. The van der Waals surface area contributed by atoms with Crippen LogP contribution in [0.5, 0.6) is 0 Å². The minimum Gasteiger partial charge on any atom is -0.486 e. The standard InChI is InChI=1S/C31H23N2O.C12H10N.Ir/c1-21-20-32-29(19-28(21)23-11-6-3-7-12-23)27-14-8-13-25-26-18-17-24(33-31(26)34-30(25)27)16-15-22-9-4-2-5-10-22;1-10-7-8-12(13-9-10)11-5-3-2-4-6-11;/h2-13,17-20H,15-16H2,1H3;2-5,7-9H,1H3;/q2*-1;/i1D3,15D2,16D2;1D3;. The molecule has 1 radical (unpaired) electrons. The summed E-state index contributed by atoms with van der Waals surface area (Å²) < 4.78 is 86.5. The van der Waals surface area contributed by atoms with Gasteiger partial charge in [0.25, 0.3) is 0 Å². The molecule has 0 saturated carbocycles. The molecule has 0 aliphatic rings. The van der Waals surface area contributed by atoms with E-state index in [4.69, 9.17) is 18.1 Å². The number of rotatable bonds is 6. The van der Waals surface area contributed by atoms with Gasteiger partial charge in [0, 0.05) is 57.3 Å². The topological polar surface area (TPSA) is 51.8 Å². The number of hydrogen-bond donors (Lipinski definition) is 0. The average molecular weight is 810 g/mol. The molecule has 0 amide bonds. The van der Waals surface area contributed by atoms with Crippen molar-refractivity contribution < 1.29 is 38.2 Å². The Hall–Kier alpha value is -5.22. The molecule has 0 unspecified atom stereocenters. The Morgan fingerprint density at radius 2 is 1.52 bits per heavy atom. The Morgan fingerprint density at radius 1 is 0.708 bits per heavy atom. The molecule has 0 aliphatic carbocycles. The van der Waals surface area contributed by atoms with Crippen LogP contribution in [0, 0.1) is 25.8 Å². The second-order valence-corrected chi connectivity index (χ2v) is 10.6. The Balaban J connectivity index is 0.000000280. The summed E-state index contributed by atoms with van der Waals surface area (Å²) in [5.41, 5.74) is 4.85. The van der Waals surface area contributed by atoms with E-state index in [1.165, 1.54) is 18.5 Å². The summed E-state index contributed by atoms with van der Waals surface area (Å²) >= 11 is 0. The van der Waals surface area contributed by atoms with Crippen molar-refractivity contribution >= 4 is 22.1 Å². The number of benzene rings is 4. The molecule has 5 heteroatoms. The van der Waals surface area contributed by atoms with E-state index in [-0.39, 0.29) is 48.2 Å². The average Bonchev–Trinajstić information content (AvgIpc) is 3.59. The summed E-state index contributed by atoms with van der Waals surface area (Å²) in [7, 11) is 0. The minimum absolute atomic E-state index is 0. The van der Waals surface area contributed by atoms with Gasteiger partial charge in [0.2, 0.25) is 5.71 Å². The maximum atomic E-state index is 8.70. The third kappa shape index (κ3) is 7.34. The van der Waals surface area contributed by atoms with Crippen LogP contribution in [-0.2, 0) is 32.9 Å². The zero-order valence-electron chi connectivity index (χ0n) is 35.4. The molecular formula is C43H33IrN3O-2. The molecule has 237 valence electrons. The fourth-order valence-corrected chi connectivity index (χ4v) is 5.09. The zero-order chi connectivity index (χ0) is 40.6. The van der Waals surface area contributed by atoms with Gasteiger partial charge in [-0.25, -0.2) is 4.98 Å². The van der Waals surface area contributed by atoms with Crippen molar-refractivity contribution in [2.24, 2.45) is 0 Å². The van der Waals surface area contributed by atoms with Crippen molar-refractivity contribution in [1.29, 1.82) is 0 Å². The SMILES string of the molecule is [2H]C([2H])([2H])c1ccc(-c2[c-]cccc2)nc1.[2H]C([2H])([2H])c1cnc(-c2[c-]ccc3c2oc2nc(C([2H])([2H])C([2H])([2H])c4ccccc4)ccc23)cc1-c1ccccc1.[Ir]. The van der Waals surface area contributed by atoms with Crippen molar-refractivity contribution in [3.63, 3.8) is 0 Å². The summed E-state index contributed by atoms with van der Waals surface area (Å²) in [6.07, 6.45) is -2.07. The first-order chi connectivity index (χ1) is 27.1. The first kappa shape index (κ1) is 22.4. The van der Waals surface area contributed by atoms with Crippen LogP contribution in [0.15, 0.2) is 144 Å². The molecule has 0 aliphatic heterocycles. The predicted octanol–water partition coefficient (Wildman–Crippen LogP) is 10.5. The molecule has 4 aromatic heterocycles. The number of pyridine rings is 3. The van der Waals surface area contributed by atoms with Crippen LogP contribution in [0.4, 0.5) is 0 Å². The van der Waals surface area contributed by atoms with E-state index in [9.17, 15) is 0 Å². The van der Waals surface area contributed by atoms with Gasteiger partial charge in [-0.2, -0.15) is 0 Å². The van der Waals surface area contributed by atoms with Gasteiger partial charge in [-0.15, -0.1) is 54.1 Å². The number of hydrogen-bond acceptors (Lipinski definition) is 4. The quantitative estimate of drug-likeness (QED) is 0.157. The first-order valence-corrected chi connectivity index (χ1v) is 14.9. The Kier molecular flexibility index (Phi) is 7.05. The summed E-state index contributed by atoms with van der Waals surface area (Å²) in [5.74, 6) is 0. The second-order valence-electron chi connectivity index (χ2n) is 10.6. The first-order valence-electron chi connectivity index (χ1n) is 19.9. The van der Waals surface area contributed by atoms with Crippen molar-refractivity contribution in [2.45, 2.75) is 26.4 Å². The van der Waals surface area contributed by atoms with Crippen molar-refractivity contribution in [3.05, 3.63) is 174 Å². The fraction of sp³-hybridized carbons (Fsp3) is 0.0930. The predicted molar refractivity (Wildman–Crippen MR) is 191 cm³/mol. The molecule has 8 rings (SSSR count). The molecular weight excluding hydrogens is 767 g/mol. The normalized spacial score (nSPS) is 14.9. The molecule has 48 heavy (non-hydrogen) atoms. The number of furan rings is 1. The molecule has 0 atom stereocenters. The van der Waals surface area contributed by atoms with Crippen LogP contribution in [0.25, 0.3) is 55.7 Å². The van der Waals surface area contributed by atoms with Gasteiger partial charge in [-0.1, -0.05) is 89.8 Å². The maximum absolute atomic E-state index is 8.70. The summed E-state index contributed by atoms with van der Waals surface area (Å²) in [6, 6.07) is 42.7. The second kappa shape index (κ2) is 15.1. The summed E-state index contributed by atoms with van der Waals surface area (Å²) in [4.78, 5) is 13.0. The number of fused-ring (bicyclic) bond motifs is 3. The molecule has 0 bridgehead atoms. The molecule has 0 N–H and O–H groups in total. The van der Waals surface area contributed by atoms with Crippen molar-refractivity contribution in [1.82, 2.24) is 15.0 Å². The maximum Gasteiger partial charge on any atom is 0.216 e. The van der Waals surface area contributed by atoms with E-state index in [1.807, 2.05) is 48.5 Å². The number of nitrogens with zero attached hydrogens (tertiary/aromatic N) is 3. The summed E-state index contributed by atoms with van der Waals surface area (Å²) in [5, 5.41) is 1.32. The smallest absolute Gasteiger partial charge is 0.216 e. The van der Waals surface area contributed by atoms with Gasteiger partial charge in [0.15, 0.2) is 0 Å². The zero-order valence-corrected chi connectivity index (χ0v) is 27.8. The Labute approximate surface area is 309 Å². The van der Waals surface area contributed by atoms with E-state index in [0.29, 0.717) is 33.2 Å². The van der Waals surface area contributed by atoms with Crippen LogP contribution in [0.1, 0.15) is 36.1 Å². The van der Waals surface area contributed by atoms with Gasteiger partial charge in [-0.3, -0.25) is 0 Å². The molecule has 0 saturated heterocycles. The molecule has 8 aromatic rings. The molecule has 4 nitrogen and oxygen atoms in total. The van der Waals surface area contributed by atoms with Crippen LogP contribution in [0.2, 0.25) is 0 Å². The van der Waals surface area contributed by atoms with E-state index in [1.54, 1.807) is 72.8 Å². The van der Waals surface area contributed by atoms with Gasteiger partial charge in [0.1, 0.15) is 0 Å². The number of aromatic nitrogens is 3. The molecule has 0 fully saturated rings. The van der Waals surface area contributed by atoms with E-state index in [0.717, 1.165) is 16.8 Å². The van der Waals surface area contributed by atoms with Crippen LogP contribution in [0.3, 0.4) is 0 Å². The van der Waals surface area contributed by atoms with E-state index in [2.05, 4.69) is 27.1 Å². The van der Waals surface area contributed by atoms with Gasteiger partial charge in [-0.05, 0) is 77.8 Å². The Bertz CT molecular complexity index is 2650.